The van der Waals surface area contributed by atoms with Gasteiger partial charge in [-0.25, -0.2) is 0 Å². The Morgan fingerprint density at radius 2 is 1.67 bits per heavy atom. The van der Waals surface area contributed by atoms with E-state index < -0.39 is 17.8 Å². The van der Waals surface area contributed by atoms with Crippen LogP contribution in [0.25, 0.3) is 0 Å². The summed E-state index contributed by atoms with van der Waals surface area (Å²) in [6.07, 6.45) is -2.21. The second kappa shape index (κ2) is 6.01. The highest BCUT2D eigenvalue weighted by Gasteiger charge is 2.47. The molecule has 0 aliphatic rings. The zero-order chi connectivity index (χ0) is 15.5. The van der Waals surface area contributed by atoms with Crippen molar-refractivity contribution in [1.82, 2.24) is 0 Å². The van der Waals surface area contributed by atoms with E-state index in [1.54, 1.807) is 6.07 Å². The Morgan fingerprint density at radius 1 is 1.10 bits per heavy atom. The first-order valence-electron chi connectivity index (χ1n) is 6.26. The number of ketones is 1. The number of hydrogen-bond acceptors (Lipinski definition) is 3. The van der Waals surface area contributed by atoms with E-state index in [0.717, 1.165) is 0 Å². The number of aliphatic hydroxyl groups is 1. The Balaban J connectivity index is 2.27. The summed E-state index contributed by atoms with van der Waals surface area (Å²) in [5.41, 5.74) is -0.194. The topological polar surface area (TPSA) is 46.5 Å². The number of carbonyl (C=O) groups excluding carboxylic acids is 1. The van der Waals surface area contributed by atoms with Crippen LogP contribution in [0.1, 0.15) is 22.0 Å². The first-order valence-corrected chi connectivity index (χ1v) is 6.26. The number of Topliss-reactive ketones (excluding diaryl/α,β-unsaturated/α-hetero) is 1. The number of benzene rings is 2. The molecule has 0 bridgehead atoms. The van der Waals surface area contributed by atoms with Crippen molar-refractivity contribution in [3.05, 3.63) is 65.7 Å². The largest absolute Gasteiger partial charge is 0.497 e. The average Bonchev–Trinajstić information content (AvgIpc) is 2.54. The van der Waals surface area contributed by atoms with Crippen molar-refractivity contribution in [3.8, 4) is 5.75 Å². The molecule has 0 spiro atoms. The van der Waals surface area contributed by atoms with Crippen LogP contribution in [0.3, 0.4) is 0 Å². The van der Waals surface area contributed by atoms with Crippen LogP contribution in [0.5, 0.6) is 5.75 Å². The molecular formula is C16H14F2O3. The lowest BCUT2D eigenvalue weighted by Crippen LogP contribution is -2.35. The Labute approximate surface area is 120 Å². The van der Waals surface area contributed by atoms with E-state index in [9.17, 15) is 18.7 Å². The second-order valence-corrected chi connectivity index (χ2v) is 4.49. The molecule has 2 aromatic carbocycles. The van der Waals surface area contributed by atoms with Crippen molar-refractivity contribution in [3.63, 3.8) is 0 Å². The van der Waals surface area contributed by atoms with Gasteiger partial charge >= 0.3 is 5.92 Å². The summed E-state index contributed by atoms with van der Waals surface area (Å²) in [4.78, 5) is 11.9. The van der Waals surface area contributed by atoms with Crippen LogP contribution in [0.15, 0.2) is 54.6 Å². The van der Waals surface area contributed by atoms with Gasteiger partial charge in [-0.05, 0) is 17.7 Å². The Hall–Kier alpha value is -2.27. The molecule has 1 N–H and O–H groups in total. The van der Waals surface area contributed by atoms with E-state index in [1.165, 1.54) is 55.6 Å². The first-order chi connectivity index (χ1) is 9.96. The molecule has 0 aliphatic carbocycles. The number of hydrogen-bond donors (Lipinski definition) is 1. The summed E-state index contributed by atoms with van der Waals surface area (Å²) in [6, 6.07) is 12.7. The van der Waals surface area contributed by atoms with Crippen LogP contribution in [0.4, 0.5) is 8.78 Å². The molecule has 0 fully saturated rings. The first kappa shape index (κ1) is 15.1. The minimum Gasteiger partial charge on any atom is -0.497 e. The van der Waals surface area contributed by atoms with E-state index >= 15 is 0 Å². The van der Waals surface area contributed by atoms with Crippen LogP contribution in [0, 0.1) is 0 Å². The molecule has 2 rings (SSSR count). The van der Waals surface area contributed by atoms with Gasteiger partial charge in [0.1, 0.15) is 5.75 Å². The van der Waals surface area contributed by atoms with E-state index in [-0.39, 0.29) is 11.1 Å². The van der Waals surface area contributed by atoms with Crippen molar-refractivity contribution < 1.29 is 23.4 Å². The minimum absolute atomic E-state index is 0.0509. The third-order valence-corrected chi connectivity index (χ3v) is 3.11. The number of ether oxygens (including phenoxy) is 1. The fourth-order valence-corrected chi connectivity index (χ4v) is 1.90. The Bertz CT molecular complexity index is 609. The van der Waals surface area contributed by atoms with Crippen LogP contribution in [-0.4, -0.2) is 23.9 Å². The fraction of sp³-hybridized carbons (Fsp3) is 0.188. The van der Waals surface area contributed by atoms with Gasteiger partial charge < -0.3 is 9.84 Å². The lowest BCUT2D eigenvalue weighted by atomic mass is 9.96. The van der Waals surface area contributed by atoms with E-state index in [1.807, 2.05) is 0 Å². The summed E-state index contributed by atoms with van der Waals surface area (Å²) in [7, 11) is 1.44. The predicted octanol–water partition coefficient (Wildman–Crippen LogP) is 3.25. The summed E-state index contributed by atoms with van der Waals surface area (Å²) < 4.78 is 33.2. The molecule has 0 amide bonds. The number of halogens is 2. The standard InChI is InChI=1S/C16H14F2O3/c1-21-13-9-7-12(8-10-13)15(20)16(17,18)14(19)11-5-3-2-4-6-11/h2-10,15,20H,1H3. The van der Waals surface area contributed by atoms with Gasteiger partial charge in [-0.2, -0.15) is 8.78 Å². The quantitative estimate of drug-likeness (QED) is 0.860. The molecule has 110 valence electrons. The monoisotopic (exact) mass is 292 g/mol. The van der Waals surface area contributed by atoms with Crippen molar-refractivity contribution in [1.29, 1.82) is 0 Å². The van der Waals surface area contributed by atoms with Crippen molar-refractivity contribution in [2.45, 2.75) is 12.0 Å². The number of alkyl halides is 2. The van der Waals surface area contributed by atoms with Crippen molar-refractivity contribution >= 4 is 5.78 Å². The fourth-order valence-electron chi connectivity index (χ4n) is 1.90. The highest BCUT2D eigenvalue weighted by molar-refractivity contribution is 6.01. The number of rotatable bonds is 5. The molecule has 0 radical (unpaired) electrons. The maximum absolute atomic E-state index is 14.1. The number of methoxy groups -OCH3 is 1. The summed E-state index contributed by atoms with van der Waals surface area (Å²) in [5.74, 6) is -4.84. The molecule has 3 nitrogen and oxygen atoms in total. The van der Waals surface area contributed by atoms with Crippen LogP contribution in [0.2, 0.25) is 0 Å². The van der Waals surface area contributed by atoms with Gasteiger partial charge in [0.2, 0.25) is 5.78 Å². The van der Waals surface area contributed by atoms with E-state index in [4.69, 9.17) is 4.74 Å². The van der Waals surface area contributed by atoms with Gasteiger partial charge in [0.25, 0.3) is 0 Å². The van der Waals surface area contributed by atoms with Crippen molar-refractivity contribution in [2.75, 3.05) is 7.11 Å². The zero-order valence-corrected chi connectivity index (χ0v) is 11.3. The molecule has 0 heterocycles. The summed E-state index contributed by atoms with van der Waals surface area (Å²) in [5, 5.41) is 9.83. The molecule has 2 aromatic rings. The maximum Gasteiger partial charge on any atom is 0.339 e. The molecular weight excluding hydrogens is 278 g/mol. The van der Waals surface area contributed by atoms with Gasteiger partial charge in [-0.1, -0.05) is 42.5 Å². The highest BCUT2D eigenvalue weighted by Crippen LogP contribution is 2.34. The zero-order valence-electron chi connectivity index (χ0n) is 11.3. The van der Waals surface area contributed by atoms with Gasteiger partial charge in [-0.3, -0.25) is 4.79 Å². The van der Waals surface area contributed by atoms with Crippen LogP contribution < -0.4 is 4.74 Å². The smallest absolute Gasteiger partial charge is 0.339 e. The molecule has 5 heteroatoms. The molecule has 1 unspecified atom stereocenters. The SMILES string of the molecule is COc1ccc(C(O)C(F)(F)C(=O)c2ccccc2)cc1. The number of aliphatic hydroxyl groups excluding tert-OH is 1. The average molecular weight is 292 g/mol. The summed E-state index contributed by atoms with van der Waals surface area (Å²) in [6.45, 7) is 0. The lowest BCUT2D eigenvalue weighted by molar-refractivity contribution is -0.0792. The van der Waals surface area contributed by atoms with Gasteiger partial charge in [0.05, 0.1) is 7.11 Å². The summed E-state index contributed by atoms with van der Waals surface area (Å²) >= 11 is 0. The molecule has 21 heavy (non-hydrogen) atoms. The number of carbonyl (C=O) groups is 1. The van der Waals surface area contributed by atoms with E-state index in [2.05, 4.69) is 0 Å². The second-order valence-electron chi connectivity index (χ2n) is 4.49. The molecule has 0 saturated carbocycles. The normalized spacial score (nSPS) is 12.8. The third kappa shape index (κ3) is 3.08. The van der Waals surface area contributed by atoms with Gasteiger partial charge in [0, 0.05) is 5.56 Å². The minimum atomic E-state index is -3.91. The lowest BCUT2D eigenvalue weighted by Gasteiger charge is -2.21. The molecule has 0 saturated heterocycles. The van der Waals surface area contributed by atoms with Gasteiger partial charge in [-0.15, -0.1) is 0 Å². The molecule has 0 aromatic heterocycles. The maximum atomic E-state index is 14.1. The Kier molecular flexibility index (Phi) is 4.33. The van der Waals surface area contributed by atoms with Crippen LogP contribution in [-0.2, 0) is 0 Å². The molecule has 0 aliphatic heterocycles. The highest BCUT2D eigenvalue weighted by atomic mass is 19.3. The van der Waals surface area contributed by atoms with Crippen molar-refractivity contribution in [2.24, 2.45) is 0 Å². The van der Waals surface area contributed by atoms with E-state index in [0.29, 0.717) is 5.75 Å². The van der Waals surface area contributed by atoms with Crippen LogP contribution >= 0.6 is 0 Å². The Morgan fingerprint density at radius 3 is 2.19 bits per heavy atom. The van der Waals surface area contributed by atoms with Gasteiger partial charge in [0.15, 0.2) is 6.10 Å². The predicted molar refractivity (Wildman–Crippen MR) is 73.7 cm³/mol. The third-order valence-electron chi connectivity index (χ3n) is 3.11. The molecule has 1 atom stereocenters.